The molecule has 2 aromatic heterocycles. The fourth-order valence-corrected chi connectivity index (χ4v) is 3.35. The van der Waals surface area contributed by atoms with E-state index in [0.717, 1.165) is 42.6 Å². The molecule has 3 heterocycles. The van der Waals surface area contributed by atoms with E-state index in [1.54, 1.807) is 12.1 Å². The topological polar surface area (TPSA) is 99.9 Å². The predicted molar refractivity (Wildman–Crippen MR) is 97.5 cm³/mol. The Balaban J connectivity index is 0.00000169. The second-order valence-electron chi connectivity index (χ2n) is 5.99. The van der Waals surface area contributed by atoms with Crippen molar-refractivity contribution in [2.45, 2.75) is 18.8 Å². The van der Waals surface area contributed by atoms with Gasteiger partial charge in [-0.25, -0.2) is 4.98 Å². The standard InChI is InChI=1S/C17H19N5O.ClH/c18-16-15-12(10-4-3-7-19-9-10)8-13(20-17(15)22-21-16)11-5-1-2-6-14(11)23;/h1-2,5-6,8,10,19,23H,3-4,7,9H2,(H3,18,20,21,22);1H. The summed E-state index contributed by atoms with van der Waals surface area (Å²) in [4.78, 5) is 4.60. The van der Waals surface area contributed by atoms with Crippen LogP contribution in [0.15, 0.2) is 30.3 Å². The van der Waals surface area contributed by atoms with Gasteiger partial charge in [-0.1, -0.05) is 12.1 Å². The molecule has 1 fully saturated rings. The molecule has 4 rings (SSSR count). The van der Waals surface area contributed by atoms with Crippen molar-refractivity contribution in [2.75, 3.05) is 18.8 Å². The second kappa shape index (κ2) is 6.67. The molecule has 1 aliphatic heterocycles. The summed E-state index contributed by atoms with van der Waals surface area (Å²) in [5.41, 5.74) is 9.32. The number of hydrogen-bond acceptors (Lipinski definition) is 5. The summed E-state index contributed by atoms with van der Waals surface area (Å²) in [6, 6.07) is 9.28. The number of aromatic nitrogens is 3. The average molecular weight is 346 g/mol. The largest absolute Gasteiger partial charge is 0.507 e. The van der Waals surface area contributed by atoms with Crippen molar-refractivity contribution in [3.63, 3.8) is 0 Å². The highest BCUT2D eigenvalue weighted by Gasteiger charge is 2.22. The van der Waals surface area contributed by atoms with E-state index in [1.807, 2.05) is 18.2 Å². The molecule has 126 valence electrons. The molecule has 24 heavy (non-hydrogen) atoms. The third-order valence-electron chi connectivity index (χ3n) is 4.51. The predicted octanol–water partition coefficient (Wildman–Crippen LogP) is 2.80. The van der Waals surface area contributed by atoms with Crippen LogP contribution < -0.4 is 11.1 Å². The Morgan fingerprint density at radius 3 is 2.83 bits per heavy atom. The number of nitrogens with zero attached hydrogens (tertiary/aromatic N) is 2. The number of H-pyrrole nitrogens is 1. The zero-order chi connectivity index (χ0) is 15.8. The van der Waals surface area contributed by atoms with Crippen LogP contribution in [-0.2, 0) is 0 Å². The van der Waals surface area contributed by atoms with E-state index in [9.17, 15) is 5.11 Å². The SMILES string of the molecule is Cl.Nc1n[nH]c2nc(-c3ccccc3O)cc(C3CCCNC3)c12. The summed E-state index contributed by atoms with van der Waals surface area (Å²) in [7, 11) is 0. The quantitative estimate of drug-likeness (QED) is 0.572. The molecular weight excluding hydrogens is 326 g/mol. The van der Waals surface area contributed by atoms with Gasteiger partial charge in [-0.3, -0.25) is 5.10 Å². The van der Waals surface area contributed by atoms with E-state index >= 15 is 0 Å². The maximum atomic E-state index is 10.1. The van der Waals surface area contributed by atoms with Crippen molar-refractivity contribution in [1.29, 1.82) is 0 Å². The van der Waals surface area contributed by atoms with Crippen molar-refractivity contribution >= 4 is 29.3 Å². The minimum Gasteiger partial charge on any atom is -0.507 e. The van der Waals surface area contributed by atoms with E-state index in [2.05, 4.69) is 20.5 Å². The van der Waals surface area contributed by atoms with Crippen LogP contribution in [0.2, 0.25) is 0 Å². The molecule has 7 heteroatoms. The van der Waals surface area contributed by atoms with Gasteiger partial charge in [-0.15, -0.1) is 12.4 Å². The Morgan fingerprint density at radius 2 is 2.08 bits per heavy atom. The number of phenolic OH excluding ortho intramolecular Hbond substituents is 1. The fourth-order valence-electron chi connectivity index (χ4n) is 3.35. The van der Waals surface area contributed by atoms with E-state index in [4.69, 9.17) is 5.73 Å². The Hall–Kier alpha value is -2.31. The van der Waals surface area contributed by atoms with Crippen molar-refractivity contribution in [1.82, 2.24) is 20.5 Å². The first-order valence-corrected chi connectivity index (χ1v) is 7.87. The Bertz CT molecular complexity index is 857. The third-order valence-corrected chi connectivity index (χ3v) is 4.51. The summed E-state index contributed by atoms with van der Waals surface area (Å²) in [6.07, 6.45) is 2.25. The maximum Gasteiger partial charge on any atom is 0.158 e. The average Bonchev–Trinajstić information content (AvgIpc) is 2.96. The molecule has 0 saturated carbocycles. The smallest absolute Gasteiger partial charge is 0.158 e. The van der Waals surface area contributed by atoms with Gasteiger partial charge in [0.05, 0.1) is 11.1 Å². The van der Waals surface area contributed by atoms with Crippen LogP contribution in [0.25, 0.3) is 22.3 Å². The van der Waals surface area contributed by atoms with Crippen LogP contribution in [0.3, 0.4) is 0 Å². The number of benzene rings is 1. The lowest BCUT2D eigenvalue weighted by Gasteiger charge is -2.24. The molecular formula is C17H20ClN5O. The first-order chi connectivity index (χ1) is 11.2. The van der Waals surface area contributed by atoms with Crippen LogP contribution in [0.4, 0.5) is 5.82 Å². The summed E-state index contributed by atoms with van der Waals surface area (Å²) in [5, 5.41) is 21.5. The molecule has 0 radical (unpaired) electrons. The number of pyridine rings is 1. The molecule has 0 spiro atoms. The summed E-state index contributed by atoms with van der Waals surface area (Å²) >= 11 is 0. The molecule has 1 unspecified atom stereocenters. The van der Waals surface area contributed by atoms with Gasteiger partial charge in [0, 0.05) is 12.1 Å². The molecule has 0 amide bonds. The monoisotopic (exact) mass is 345 g/mol. The van der Waals surface area contributed by atoms with Crippen LogP contribution in [0, 0.1) is 0 Å². The van der Waals surface area contributed by atoms with E-state index in [1.165, 1.54) is 0 Å². The number of para-hydroxylation sites is 1. The number of aromatic amines is 1. The number of halogens is 1. The number of nitrogens with one attached hydrogen (secondary N) is 2. The van der Waals surface area contributed by atoms with Crippen molar-refractivity contribution in [2.24, 2.45) is 0 Å². The van der Waals surface area contributed by atoms with Crippen molar-refractivity contribution < 1.29 is 5.11 Å². The van der Waals surface area contributed by atoms with Crippen LogP contribution in [-0.4, -0.2) is 33.4 Å². The summed E-state index contributed by atoms with van der Waals surface area (Å²) in [5.74, 6) is 1.08. The minimum atomic E-state index is 0. The Kier molecular flexibility index (Phi) is 4.59. The van der Waals surface area contributed by atoms with Gasteiger partial charge in [-0.05, 0) is 49.1 Å². The molecule has 0 aliphatic carbocycles. The number of rotatable bonds is 2. The first kappa shape index (κ1) is 16.5. The Morgan fingerprint density at radius 1 is 1.25 bits per heavy atom. The number of hydrogen-bond donors (Lipinski definition) is 4. The van der Waals surface area contributed by atoms with Gasteiger partial charge in [-0.2, -0.15) is 5.10 Å². The lowest BCUT2D eigenvalue weighted by Crippen LogP contribution is -2.28. The molecule has 1 aliphatic rings. The van der Waals surface area contributed by atoms with Crippen molar-refractivity contribution in [3.05, 3.63) is 35.9 Å². The van der Waals surface area contributed by atoms with Crippen LogP contribution in [0.1, 0.15) is 24.3 Å². The van der Waals surface area contributed by atoms with Gasteiger partial charge >= 0.3 is 0 Å². The van der Waals surface area contributed by atoms with Gasteiger partial charge in [0.25, 0.3) is 0 Å². The molecule has 5 N–H and O–H groups in total. The molecule has 0 bridgehead atoms. The number of fused-ring (bicyclic) bond motifs is 1. The Labute approximate surface area is 145 Å². The van der Waals surface area contributed by atoms with Gasteiger partial charge in [0.2, 0.25) is 0 Å². The fraction of sp³-hybridized carbons (Fsp3) is 0.294. The van der Waals surface area contributed by atoms with Crippen LogP contribution in [0.5, 0.6) is 5.75 Å². The van der Waals surface area contributed by atoms with Crippen LogP contribution >= 0.6 is 12.4 Å². The number of piperidine rings is 1. The first-order valence-electron chi connectivity index (χ1n) is 7.87. The molecule has 1 aromatic carbocycles. The molecule has 1 atom stereocenters. The highest BCUT2D eigenvalue weighted by atomic mass is 35.5. The minimum absolute atomic E-state index is 0. The van der Waals surface area contributed by atoms with Crippen molar-refractivity contribution in [3.8, 4) is 17.0 Å². The highest BCUT2D eigenvalue weighted by molar-refractivity contribution is 5.92. The molecule has 1 saturated heterocycles. The summed E-state index contributed by atoms with van der Waals surface area (Å²) in [6.45, 7) is 1.97. The van der Waals surface area contributed by atoms with Gasteiger partial charge in [0.1, 0.15) is 5.75 Å². The van der Waals surface area contributed by atoms with E-state index in [0.29, 0.717) is 22.9 Å². The number of aromatic hydroxyl groups is 1. The normalized spacial score (nSPS) is 17.6. The number of nitrogen functional groups attached to an aromatic ring is 1. The van der Waals surface area contributed by atoms with E-state index in [-0.39, 0.29) is 18.2 Å². The third kappa shape index (κ3) is 2.79. The lowest BCUT2D eigenvalue weighted by atomic mass is 9.89. The maximum absolute atomic E-state index is 10.1. The van der Waals surface area contributed by atoms with Gasteiger partial charge < -0.3 is 16.2 Å². The molecule has 3 aromatic rings. The zero-order valence-corrected chi connectivity index (χ0v) is 13.9. The lowest BCUT2D eigenvalue weighted by molar-refractivity contribution is 0.463. The van der Waals surface area contributed by atoms with E-state index < -0.39 is 0 Å². The number of anilines is 1. The summed E-state index contributed by atoms with van der Waals surface area (Å²) < 4.78 is 0. The highest BCUT2D eigenvalue weighted by Crippen LogP contribution is 2.36. The zero-order valence-electron chi connectivity index (χ0n) is 13.1. The number of phenols is 1. The second-order valence-corrected chi connectivity index (χ2v) is 5.99. The number of nitrogens with two attached hydrogens (primary N) is 1. The van der Waals surface area contributed by atoms with Gasteiger partial charge in [0.15, 0.2) is 11.5 Å². The molecule has 6 nitrogen and oxygen atoms in total.